The molecule has 1 aromatic carbocycles. The summed E-state index contributed by atoms with van der Waals surface area (Å²) in [4.78, 5) is 0. The Bertz CT molecular complexity index is 678. The predicted octanol–water partition coefficient (Wildman–Crippen LogP) is 3.70. The first-order valence-electron chi connectivity index (χ1n) is 6.61. The summed E-state index contributed by atoms with van der Waals surface area (Å²) in [6, 6.07) is 9.29. The molecule has 0 aliphatic carbocycles. The van der Waals surface area contributed by atoms with E-state index in [1.54, 1.807) is 30.3 Å². The van der Waals surface area contributed by atoms with E-state index in [4.69, 9.17) is 21.6 Å². The summed E-state index contributed by atoms with van der Waals surface area (Å²) in [6.07, 6.45) is 1.76. The van der Waals surface area contributed by atoms with E-state index in [1.807, 2.05) is 11.5 Å². The zero-order valence-electron chi connectivity index (χ0n) is 12.1. The molecule has 1 atom stereocenters. The number of nitrogens with zero attached hydrogens (tertiary/aromatic N) is 4. The number of ether oxygens (including phenoxy) is 1. The zero-order chi connectivity index (χ0) is 15.9. The molecule has 0 amide bonds. The van der Waals surface area contributed by atoms with Crippen LogP contribution in [0.2, 0.25) is 5.02 Å². The molecule has 2 aromatic rings. The molecule has 0 N–H and O–H groups in total. The largest absolute Gasteiger partial charge is 0.486 e. The Kier molecular flexibility index (Phi) is 5.87. The molecule has 1 unspecified atom stereocenters. The summed E-state index contributed by atoms with van der Waals surface area (Å²) in [5.41, 5.74) is 0. The van der Waals surface area contributed by atoms with Crippen molar-refractivity contribution in [1.29, 1.82) is 5.26 Å². The van der Waals surface area contributed by atoms with E-state index in [2.05, 4.69) is 22.8 Å². The third-order valence-electron chi connectivity index (χ3n) is 2.75. The van der Waals surface area contributed by atoms with Crippen LogP contribution in [0.4, 0.5) is 0 Å². The van der Waals surface area contributed by atoms with Crippen molar-refractivity contribution in [3.8, 4) is 11.8 Å². The van der Waals surface area contributed by atoms with Crippen molar-refractivity contribution < 1.29 is 4.74 Å². The molecule has 114 valence electrons. The summed E-state index contributed by atoms with van der Waals surface area (Å²) >= 11 is 7.20. The number of benzene rings is 1. The molecular formula is C15H15ClN4OS. The number of rotatable bonds is 7. The highest BCUT2D eigenvalue weighted by molar-refractivity contribution is 8.00. The predicted molar refractivity (Wildman–Crippen MR) is 86.9 cm³/mol. The van der Waals surface area contributed by atoms with Crippen LogP contribution in [-0.4, -0.2) is 20.0 Å². The standard InChI is InChI=1S/C15H15ClN4OS/c1-3-8-20-14(18-19-15(20)22-11(2)9-17)10-21-13-6-4-12(16)5-7-13/h3-7,11H,1,8,10H2,2H3. The van der Waals surface area contributed by atoms with Crippen molar-refractivity contribution in [2.75, 3.05) is 0 Å². The lowest BCUT2D eigenvalue weighted by molar-refractivity contribution is 0.289. The Labute approximate surface area is 138 Å². The second kappa shape index (κ2) is 7.87. The van der Waals surface area contributed by atoms with Crippen molar-refractivity contribution in [1.82, 2.24) is 14.8 Å². The van der Waals surface area contributed by atoms with Gasteiger partial charge in [0.1, 0.15) is 12.4 Å². The van der Waals surface area contributed by atoms with E-state index >= 15 is 0 Å². The molecule has 0 spiro atoms. The third kappa shape index (κ3) is 4.26. The lowest BCUT2D eigenvalue weighted by Crippen LogP contribution is -2.08. The Balaban J connectivity index is 2.11. The van der Waals surface area contributed by atoms with Gasteiger partial charge in [-0.25, -0.2) is 0 Å². The van der Waals surface area contributed by atoms with Gasteiger partial charge in [0.05, 0.1) is 11.3 Å². The molecule has 1 aromatic heterocycles. The van der Waals surface area contributed by atoms with E-state index in [0.29, 0.717) is 28.3 Å². The lowest BCUT2D eigenvalue weighted by atomic mass is 10.3. The molecule has 0 fully saturated rings. The van der Waals surface area contributed by atoms with Gasteiger partial charge in [0, 0.05) is 11.6 Å². The van der Waals surface area contributed by atoms with Gasteiger partial charge in [-0.15, -0.1) is 16.8 Å². The van der Waals surface area contributed by atoms with Crippen molar-refractivity contribution in [2.24, 2.45) is 0 Å². The van der Waals surface area contributed by atoms with Crippen LogP contribution < -0.4 is 4.74 Å². The van der Waals surface area contributed by atoms with Gasteiger partial charge >= 0.3 is 0 Å². The zero-order valence-corrected chi connectivity index (χ0v) is 13.6. The molecule has 0 saturated carbocycles. The summed E-state index contributed by atoms with van der Waals surface area (Å²) in [5, 5.41) is 18.3. The molecular weight excluding hydrogens is 320 g/mol. The smallest absolute Gasteiger partial charge is 0.192 e. The quantitative estimate of drug-likeness (QED) is 0.570. The maximum atomic E-state index is 8.91. The van der Waals surface area contributed by atoms with Crippen molar-refractivity contribution in [3.05, 3.63) is 47.8 Å². The van der Waals surface area contributed by atoms with Gasteiger partial charge in [0.2, 0.25) is 0 Å². The van der Waals surface area contributed by atoms with E-state index < -0.39 is 0 Å². The minimum Gasteiger partial charge on any atom is -0.486 e. The average Bonchev–Trinajstić information content (AvgIpc) is 2.89. The number of hydrogen-bond donors (Lipinski definition) is 0. The van der Waals surface area contributed by atoms with Gasteiger partial charge in [-0.2, -0.15) is 5.26 Å². The number of nitriles is 1. The molecule has 0 aliphatic rings. The van der Waals surface area contributed by atoms with Gasteiger partial charge in [-0.1, -0.05) is 29.4 Å². The van der Waals surface area contributed by atoms with E-state index in [-0.39, 0.29) is 11.9 Å². The molecule has 1 heterocycles. The van der Waals surface area contributed by atoms with Gasteiger partial charge < -0.3 is 4.74 Å². The number of thioether (sulfide) groups is 1. The fourth-order valence-corrected chi connectivity index (χ4v) is 2.58. The first kappa shape index (κ1) is 16.4. The third-order valence-corrected chi connectivity index (χ3v) is 3.97. The lowest BCUT2D eigenvalue weighted by Gasteiger charge is -2.09. The summed E-state index contributed by atoms with van der Waals surface area (Å²) in [7, 11) is 0. The molecule has 7 heteroatoms. The highest BCUT2D eigenvalue weighted by atomic mass is 35.5. The van der Waals surface area contributed by atoms with Crippen LogP contribution in [0.5, 0.6) is 5.75 Å². The van der Waals surface area contributed by atoms with Gasteiger partial charge in [-0.05, 0) is 31.2 Å². The SMILES string of the molecule is C=CCn1c(COc2ccc(Cl)cc2)nnc1SC(C)C#N. The van der Waals surface area contributed by atoms with Crippen molar-refractivity contribution in [2.45, 2.75) is 30.5 Å². The van der Waals surface area contributed by atoms with E-state index in [0.717, 1.165) is 0 Å². The molecule has 22 heavy (non-hydrogen) atoms. The van der Waals surface area contributed by atoms with Crippen LogP contribution in [0.1, 0.15) is 12.7 Å². The van der Waals surface area contributed by atoms with Crippen molar-refractivity contribution >= 4 is 23.4 Å². The monoisotopic (exact) mass is 334 g/mol. The fraction of sp³-hybridized carbons (Fsp3) is 0.267. The first-order chi connectivity index (χ1) is 10.6. The summed E-state index contributed by atoms with van der Waals surface area (Å²) in [6.45, 7) is 6.40. The van der Waals surface area contributed by atoms with Gasteiger partial charge in [0.15, 0.2) is 11.0 Å². The fourth-order valence-electron chi connectivity index (χ4n) is 1.69. The Morgan fingerprint density at radius 3 is 2.82 bits per heavy atom. The van der Waals surface area contributed by atoms with Crippen LogP contribution in [0.15, 0.2) is 42.1 Å². The van der Waals surface area contributed by atoms with Gasteiger partial charge in [-0.3, -0.25) is 4.57 Å². The molecule has 0 radical (unpaired) electrons. The minimum absolute atomic E-state index is 0.196. The van der Waals surface area contributed by atoms with Gasteiger partial charge in [0.25, 0.3) is 0 Å². The van der Waals surface area contributed by atoms with Crippen LogP contribution in [0.3, 0.4) is 0 Å². The second-order valence-corrected chi connectivity index (χ2v) is 6.17. The normalized spacial score (nSPS) is 11.7. The topological polar surface area (TPSA) is 63.7 Å². The van der Waals surface area contributed by atoms with Crippen LogP contribution in [-0.2, 0) is 13.2 Å². The molecule has 0 aliphatic heterocycles. The number of allylic oxidation sites excluding steroid dienone is 1. The van der Waals surface area contributed by atoms with E-state index in [1.165, 1.54) is 11.8 Å². The highest BCUT2D eigenvalue weighted by Crippen LogP contribution is 2.23. The maximum Gasteiger partial charge on any atom is 0.192 e. The number of aromatic nitrogens is 3. The minimum atomic E-state index is -0.196. The van der Waals surface area contributed by atoms with Crippen LogP contribution in [0.25, 0.3) is 0 Å². The first-order valence-corrected chi connectivity index (χ1v) is 7.87. The number of halogens is 1. The molecule has 0 saturated heterocycles. The molecule has 2 rings (SSSR count). The molecule has 5 nitrogen and oxygen atoms in total. The maximum absolute atomic E-state index is 8.91. The number of hydrogen-bond acceptors (Lipinski definition) is 5. The Hall–Kier alpha value is -1.97. The highest BCUT2D eigenvalue weighted by Gasteiger charge is 2.15. The molecule has 0 bridgehead atoms. The van der Waals surface area contributed by atoms with Crippen LogP contribution >= 0.6 is 23.4 Å². The summed E-state index contributed by atoms with van der Waals surface area (Å²) < 4.78 is 7.58. The Morgan fingerprint density at radius 2 is 2.18 bits per heavy atom. The van der Waals surface area contributed by atoms with E-state index in [9.17, 15) is 0 Å². The summed E-state index contributed by atoms with van der Waals surface area (Å²) in [5.74, 6) is 1.39. The van der Waals surface area contributed by atoms with Crippen molar-refractivity contribution in [3.63, 3.8) is 0 Å². The van der Waals surface area contributed by atoms with Crippen LogP contribution in [0, 0.1) is 11.3 Å². The Morgan fingerprint density at radius 1 is 1.45 bits per heavy atom. The second-order valence-electron chi connectivity index (χ2n) is 4.43. The average molecular weight is 335 g/mol.